The summed E-state index contributed by atoms with van der Waals surface area (Å²) in [6.07, 6.45) is 1.57. The van der Waals surface area contributed by atoms with Crippen molar-refractivity contribution in [1.82, 2.24) is 10.6 Å². The first kappa shape index (κ1) is 16.4. The molecule has 0 atom stereocenters. The highest BCUT2D eigenvalue weighted by molar-refractivity contribution is 5.75. The van der Waals surface area contributed by atoms with E-state index in [1.807, 2.05) is 0 Å². The van der Waals surface area contributed by atoms with Crippen molar-refractivity contribution < 1.29 is 9.53 Å². The molecule has 4 nitrogen and oxygen atoms in total. The van der Waals surface area contributed by atoms with Crippen LogP contribution >= 0.6 is 0 Å². The Balaban J connectivity index is 3.19. The minimum Gasteiger partial charge on any atom is -0.378 e. The van der Waals surface area contributed by atoms with Gasteiger partial charge in [-0.25, -0.2) is 0 Å². The third-order valence-electron chi connectivity index (χ3n) is 2.32. The van der Waals surface area contributed by atoms with Crippen LogP contribution in [0.15, 0.2) is 0 Å². The molecule has 0 rings (SSSR count). The van der Waals surface area contributed by atoms with Gasteiger partial charge in [-0.2, -0.15) is 0 Å². The van der Waals surface area contributed by atoms with Crippen molar-refractivity contribution in [1.29, 1.82) is 0 Å². The summed E-state index contributed by atoms with van der Waals surface area (Å²) in [5, 5.41) is 6.12. The van der Waals surface area contributed by atoms with Gasteiger partial charge in [-0.05, 0) is 12.3 Å². The highest BCUT2D eigenvalue weighted by Gasteiger charge is 2.02. The van der Waals surface area contributed by atoms with Crippen LogP contribution in [0, 0.1) is 5.92 Å². The summed E-state index contributed by atoms with van der Waals surface area (Å²) in [4.78, 5) is 11.3. The van der Waals surface area contributed by atoms with Crippen LogP contribution in [0.1, 0.15) is 40.5 Å². The van der Waals surface area contributed by atoms with Gasteiger partial charge in [0.05, 0.1) is 13.2 Å². The van der Waals surface area contributed by atoms with E-state index in [1.54, 1.807) is 0 Å². The fourth-order valence-corrected chi connectivity index (χ4v) is 1.29. The minimum atomic E-state index is 0.127. The minimum absolute atomic E-state index is 0.127. The lowest BCUT2D eigenvalue weighted by atomic mass is 10.1. The summed E-state index contributed by atoms with van der Waals surface area (Å²) in [6, 6.07) is 0.495. The predicted octanol–water partition coefficient (Wildman–Crippen LogP) is 1.55. The number of rotatable bonds is 10. The van der Waals surface area contributed by atoms with Crippen LogP contribution in [0.2, 0.25) is 0 Å². The van der Waals surface area contributed by atoms with Gasteiger partial charge < -0.3 is 15.4 Å². The van der Waals surface area contributed by atoms with Crippen molar-refractivity contribution in [3.05, 3.63) is 0 Å². The maximum Gasteiger partial charge on any atom is 0.220 e. The summed E-state index contributed by atoms with van der Waals surface area (Å²) in [5.41, 5.74) is 0. The molecular formula is C13H28N2O2. The van der Waals surface area contributed by atoms with Crippen LogP contribution in [0.3, 0.4) is 0 Å². The quantitative estimate of drug-likeness (QED) is 0.573. The number of carbonyl (C=O) groups excluding carboxylic acids is 1. The third-order valence-corrected chi connectivity index (χ3v) is 2.32. The lowest BCUT2D eigenvalue weighted by Crippen LogP contribution is -2.30. The van der Waals surface area contributed by atoms with Gasteiger partial charge in [-0.15, -0.1) is 0 Å². The van der Waals surface area contributed by atoms with Gasteiger partial charge in [-0.1, -0.05) is 27.7 Å². The zero-order valence-corrected chi connectivity index (χ0v) is 11.7. The van der Waals surface area contributed by atoms with Gasteiger partial charge in [0.1, 0.15) is 0 Å². The molecule has 0 bridgehead atoms. The molecule has 0 aliphatic carbocycles. The number of hydrogen-bond donors (Lipinski definition) is 2. The van der Waals surface area contributed by atoms with Crippen LogP contribution in [0.5, 0.6) is 0 Å². The summed E-state index contributed by atoms with van der Waals surface area (Å²) in [7, 11) is 0. The second-order valence-corrected chi connectivity index (χ2v) is 5.00. The molecule has 0 heterocycles. The molecule has 0 fully saturated rings. The molecule has 0 unspecified atom stereocenters. The number of ether oxygens (including phenoxy) is 1. The molecule has 4 heteroatoms. The Bertz CT molecular complexity index is 194. The van der Waals surface area contributed by atoms with Crippen molar-refractivity contribution in [3.8, 4) is 0 Å². The molecule has 2 N–H and O–H groups in total. The molecule has 102 valence electrons. The van der Waals surface area contributed by atoms with Crippen molar-refractivity contribution in [2.45, 2.75) is 46.6 Å². The maximum absolute atomic E-state index is 11.3. The number of carbonyl (C=O) groups is 1. The molecule has 1 amide bonds. The van der Waals surface area contributed by atoms with Crippen LogP contribution in [0.4, 0.5) is 0 Å². The average Bonchev–Trinajstić information content (AvgIpc) is 2.24. The molecule has 17 heavy (non-hydrogen) atoms. The lowest BCUT2D eigenvalue weighted by Gasteiger charge is -2.09. The first-order chi connectivity index (χ1) is 8.02. The van der Waals surface area contributed by atoms with Crippen molar-refractivity contribution in [2.75, 3.05) is 26.3 Å². The average molecular weight is 244 g/mol. The smallest absolute Gasteiger partial charge is 0.220 e. The Kier molecular flexibility index (Phi) is 10.2. The van der Waals surface area contributed by atoms with E-state index >= 15 is 0 Å². The third kappa shape index (κ3) is 13.3. The molecule has 0 aromatic heterocycles. The number of hydrogen-bond acceptors (Lipinski definition) is 3. The molecule has 0 aliphatic heterocycles. The Morgan fingerprint density at radius 2 is 1.76 bits per heavy atom. The SMILES string of the molecule is CC(C)CCC(=O)NCCOCCNC(C)C. The van der Waals surface area contributed by atoms with Gasteiger partial charge in [0.2, 0.25) is 5.91 Å². The zero-order chi connectivity index (χ0) is 13.1. The Labute approximate surface area is 105 Å². The largest absolute Gasteiger partial charge is 0.378 e. The Morgan fingerprint density at radius 3 is 2.35 bits per heavy atom. The van der Waals surface area contributed by atoms with E-state index in [-0.39, 0.29) is 5.91 Å². The van der Waals surface area contributed by atoms with Crippen LogP contribution in [-0.2, 0) is 9.53 Å². The van der Waals surface area contributed by atoms with Gasteiger partial charge in [0, 0.05) is 25.6 Å². The maximum atomic E-state index is 11.3. The second-order valence-electron chi connectivity index (χ2n) is 5.00. The van der Waals surface area contributed by atoms with E-state index in [0.717, 1.165) is 13.0 Å². The molecule has 0 saturated heterocycles. The van der Waals surface area contributed by atoms with Crippen molar-refractivity contribution >= 4 is 5.91 Å². The second kappa shape index (κ2) is 10.5. The molecular weight excluding hydrogens is 216 g/mol. The Hall–Kier alpha value is -0.610. The van der Waals surface area contributed by atoms with E-state index in [4.69, 9.17) is 4.74 Å². The van der Waals surface area contributed by atoms with E-state index in [2.05, 4.69) is 38.3 Å². The van der Waals surface area contributed by atoms with Crippen LogP contribution in [0.25, 0.3) is 0 Å². The summed E-state index contributed by atoms with van der Waals surface area (Å²) < 4.78 is 5.38. The number of amides is 1. The first-order valence-corrected chi connectivity index (χ1v) is 6.60. The first-order valence-electron chi connectivity index (χ1n) is 6.60. The molecule has 0 spiro atoms. The van der Waals surface area contributed by atoms with Crippen LogP contribution in [-0.4, -0.2) is 38.3 Å². The van der Waals surface area contributed by atoms with E-state index in [9.17, 15) is 4.79 Å². The molecule has 0 aliphatic rings. The lowest BCUT2D eigenvalue weighted by molar-refractivity contribution is -0.121. The van der Waals surface area contributed by atoms with Gasteiger partial charge >= 0.3 is 0 Å². The van der Waals surface area contributed by atoms with Crippen molar-refractivity contribution in [2.24, 2.45) is 5.92 Å². The van der Waals surface area contributed by atoms with Crippen LogP contribution < -0.4 is 10.6 Å². The van der Waals surface area contributed by atoms with Crippen molar-refractivity contribution in [3.63, 3.8) is 0 Å². The predicted molar refractivity (Wildman–Crippen MR) is 71.0 cm³/mol. The summed E-state index contributed by atoms with van der Waals surface area (Å²) in [6.45, 7) is 11.2. The van der Waals surface area contributed by atoms with E-state index in [1.165, 1.54) is 0 Å². The highest BCUT2D eigenvalue weighted by atomic mass is 16.5. The van der Waals surface area contributed by atoms with Gasteiger partial charge in [0.25, 0.3) is 0 Å². The van der Waals surface area contributed by atoms with E-state index < -0.39 is 0 Å². The summed E-state index contributed by atoms with van der Waals surface area (Å²) >= 11 is 0. The number of nitrogens with one attached hydrogen (secondary N) is 2. The molecule has 0 radical (unpaired) electrons. The molecule has 0 aromatic carbocycles. The zero-order valence-electron chi connectivity index (χ0n) is 11.7. The fraction of sp³-hybridized carbons (Fsp3) is 0.923. The van der Waals surface area contributed by atoms with E-state index in [0.29, 0.717) is 38.1 Å². The monoisotopic (exact) mass is 244 g/mol. The standard InChI is InChI=1S/C13H28N2O2/c1-11(2)5-6-13(16)15-8-10-17-9-7-14-12(3)4/h11-12,14H,5-10H2,1-4H3,(H,15,16). The Morgan fingerprint density at radius 1 is 1.12 bits per heavy atom. The van der Waals surface area contributed by atoms with Gasteiger partial charge in [-0.3, -0.25) is 4.79 Å². The molecule has 0 aromatic rings. The topological polar surface area (TPSA) is 50.4 Å². The summed E-state index contributed by atoms with van der Waals surface area (Å²) in [5.74, 6) is 0.710. The molecule has 0 saturated carbocycles. The highest BCUT2D eigenvalue weighted by Crippen LogP contribution is 2.02. The normalized spacial score (nSPS) is 11.2. The fourth-order valence-electron chi connectivity index (χ4n) is 1.29. The van der Waals surface area contributed by atoms with Gasteiger partial charge in [0.15, 0.2) is 0 Å².